The van der Waals surface area contributed by atoms with Gasteiger partial charge in [0.1, 0.15) is 4.32 Å². The molecular weight excluding hydrogens is 939 g/mol. The van der Waals surface area contributed by atoms with E-state index < -0.39 is 22.8 Å². The molecule has 372 valence electrons. The first-order chi connectivity index (χ1) is 34.1. The largest absolute Gasteiger partial charge is 0.481 e. The Morgan fingerprint density at radius 3 is 2.17 bits per heavy atom. The summed E-state index contributed by atoms with van der Waals surface area (Å²) in [5.74, 6) is -1.77. The lowest BCUT2D eigenvalue weighted by atomic mass is 9.79. The van der Waals surface area contributed by atoms with Crippen LogP contribution in [0.2, 0.25) is 0 Å². The van der Waals surface area contributed by atoms with Crippen LogP contribution in [-0.4, -0.2) is 75.3 Å². The molecule has 1 fully saturated rings. The summed E-state index contributed by atoms with van der Waals surface area (Å²) in [6, 6.07) is 28.5. The zero-order valence-corrected chi connectivity index (χ0v) is 44.0. The van der Waals surface area contributed by atoms with E-state index in [0.29, 0.717) is 20.7 Å². The quantitative estimate of drug-likeness (QED) is 0.0449. The molecule has 1 saturated heterocycles. The average molecular weight is 1000 g/mol. The lowest BCUT2D eigenvalue weighted by Gasteiger charge is -2.32. The van der Waals surface area contributed by atoms with Crippen LogP contribution < -0.4 is 14.7 Å². The minimum Gasteiger partial charge on any atom is -0.481 e. The first-order valence-electron chi connectivity index (χ1n) is 24.6. The zero-order chi connectivity index (χ0) is 51.9. The fourth-order valence-corrected chi connectivity index (χ4v) is 12.2. The molecule has 1 unspecified atom stereocenters. The maximum Gasteiger partial charge on any atom is 0.305 e. The lowest BCUT2D eigenvalue weighted by molar-refractivity contribution is -0.137. The van der Waals surface area contributed by atoms with Crippen LogP contribution in [0.15, 0.2) is 137 Å². The summed E-state index contributed by atoms with van der Waals surface area (Å²) in [6.45, 7) is 18.4. The third-order valence-electron chi connectivity index (χ3n) is 14.7. The van der Waals surface area contributed by atoms with E-state index in [1.807, 2.05) is 70.5 Å². The SMILES string of the molecule is CC(C)CCN1/C(=C\C=C2\SC(=S)N(CC(=O)Cc3ccc4c(c3)C(C)(C)C(/C=C/C(C#N)=C/C=C3/N(CCC(=O)O)c5ccc6ccccc6c5C3(C)C)N4CCC(=O)O)C2=O)C(C)(C)c2ccccc21. The standard InChI is InChI=1S/C59H63N5O6S2/c1-37(2)27-30-61-45-16-12-11-15-43(45)57(3,4)50(61)26-23-48-55(70)64(56(71)72-48)36-41(65)33-39-17-21-46-44(34-39)58(5,6)49(62(46)31-28-52(66)67)24-18-38(35-60)19-25-51-59(7,8)54-42-14-10-9-13-40(42)20-22-47(54)63(51)32-29-53(68)69/h9-26,34,37,49H,27-33,36H2,1-8H3,(H,66,67)(H,68,69)/b24-18+,38-19-,48-23+,50-26-,51-25+. The van der Waals surface area contributed by atoms with Gasteiger partial charge in [-0.1, -0.05) is 146 Å². The normalized spacial score (nSPS) is 20.4. The van der Waals surface area contributed by atoms with Gasteiger partial charge in [0.2, 0.25) is 0 Å². The molecule has 0 aliphatic carbocycles. The third-order valence-corrected chi connectivity index (χ3v) is 16.1. The Hall–Kier alpha value is -6.75. The van der Waals surface area contributed by atoms with Crippen molar-refractivity contribution in [3.63, 3.8) is 0 Å². The molecule has 4 aromatic rings. The maximum atomic E-state index is 13.9. The van der Waals surface area contributed by atoms with Gasteiger partial charge in [0.25, 0.3) is 5.91 Å². The molecule has 4 aliphatic heterocycles. The van der Waals surface area contributed by atoms with Gasteiger partial charge in [0.05, 0.1) is 42.0 Å². The average Bonchev–Trinajstić information content (AvgIpc) is 3.90. The number of fused-ring (bicyclic) bond motifs is 5. The van der Waals surface area contributed by atoms with Gasteiger partial charge in [0, 0.05) is 70.8 Å². The Labute approximate surface area is 432 Å². The van der Waals surface area contributed by atoms with Crippen molar-refractivity contribution >= 4 is 79.8 Å². The molecule has 0 aromatic heterocycles. The number of thiocarbonyl (C=S) groups is 1. The number of carbonyl (C=O) groups excluding carboxylic acids is 2. The Bertz CT molecular complexity index is 3100. The topological polar surface area (TPSA) is 145 Å². The summed E-state index contributed by atoms with van der Waals surface area (Å²) >= 11 is 6.90. The van der Waals surface area contributed by atoms with E-state index in [0.717, 1.165) is 63.2 Å². The molecule has 2 N–H and O–H groups in total. The monoisotopic (exact) mass is 1000 g/mol. The molecule has 13 heteroatoms. The van der Waals surface area contributed by atoms with Crippen molar-refractivity contribution in [3.8, 4) is 6.07 Å². The number of Topliss-reactive ketones (excluding diaryl/α,β-unsaturated/α-hetero) is 1. The number of hydrogen-bond donors (Lipinski definition) is 2. The Balaban J connectivity index is 1.01. The molecule has 1 amide bonds. The first-order valence-corrected chi connectivity index (χ1v) is 25.9. The van der Waals surface area contributed by atoms with Gasteiger partial charge in [-0.15, -0.1) is 0 Å². The molecule has 4 heterocycles. The highest BCUT2D eigenvalue weighted by atomic mass is 32.2. The van der Waals surface area contributed by atoms with Crippen molar-refractivity contribution in [2.75, 3.05) is 40.9 Å². The number of benzene rings is 4. The van der Waals surface area contributed by atoms with E-state index in [4.69, 9.17) is 12.2 Å². The molecule has 0 radical (unpaired) electrons. The molecule has 1 atom stereocenters. The van der Waals surface area contributed by atoms with Crippen LogP contribution in [-0.2, 0) is 41.8 Å². The zero-order valence-electron chi connectivity index (χ0n) is 42.4. The number of carboxylic acid groups (broad SMARTS) is 2. The molecule has 0 spiro atoms. The van der Waals surface area contributed by atoms with Gasteiger partial charge in [-0.25, -0.2) is 0 Å². The van der Waals surface area contributed by atoms with Crippen molar-refractivity contribution in [3.05, 3.63) is 159 Å². The van der Waals surface area contributed by atoms with Crippen molar-refractivity contribution in [1.82, 2.24) is 4.90 Å². The number of thioether (sulfide) groups is 1. The van der Waals surface area contributed by atoms with Gasteiger partial charge < -0.3 is 24.9 Å². The number of nitriles is 1. The molecule has 11 nitrogen and oxygen atoms in total. The molecule has 8 rings (SSSR count). The summed E-state index contributed by atoms with van der Waals surface area (Å²) in [4.78, 5) is 59.8. The molecule has 4 aliphatic rings. The molecule has 0 bridgehead atoms. The van der Waals surface area contributed by atoms with Crippen molar-refractivity contribution in [1.29, 1.82) is 5.26 Å². The fourth-order valence-electron chi connectivity index (χ4n) is 11.0. The van der Waals surface area contributed by atoms with Gasteiger partial charge >= 0.3 is 11.9 Å². The van der Waals surface area contributed by atoms with E-state index >= 15 is 0 Å². The van der Waals surface area contributed by atoms with Crippen LogP contribution in [0.3, 0.4) is 0 Å². The van der Waals surface area contributed by atoms with Gasteiger partial charge in [-0.2, -0.15) is 5.26 Å². The van der Waals surface area contributed by atoms with E-state index in [-0.39, 0.29) is 62.0 Å². The van der Waals surface area contributed by atoms with Crippen LogP contribution in [0.4, 0.5) is 17.1 Å². The van der Waals surface area contributed by atoms with Crippen LogP contribution >= 0.6 is 24.0 Å². The molecule has 4 aromatic carbocycles. The fraction of sp³-hybridized carbons (Fsp3) is 0.356. The van der Waals surface area contributed by atoms with E-state index in [9.17, 15) is 34.7 Å². The van der Waals surface area contributed by atoms with E-state index in [1.165, 1.54) is 27.9 Å². The van der Waals surface area contributed by atoms with E-state index in [2.05, 4.69) is 109 Å². The summed E-state index contributed by atoms with van der Waals surface area (Å²) in [5.41, 5.74) is 7.98. The number of allylic oxidation sites excluding steroid dienone is 8. The van der Waals surface area contributed by atoms with Gasteiger partial charge in [-0.05, 0) is 93.9 Å². The second-order valence-corrected chi connectivity index (χ2v) is 22.8. The second kappa shape index (κ2) is 20.4. The maximum absolute atomic E-state index is 13.9. The number of anilines is 3. The van der Waals surface area contributed by atoms with Gasteiger partial charge in [0.15, 0.2) is 5.78 Å². The van der Waals surface area contributed by atoms with Crippen molar-refractivity contribution < 1.29 is 29.4 Å². The smallest absolute Gasteiger partial charge is 0.305 e. The highest BCUT2D eigenvalue weighted by Gasteiger charge is 2.45. The number of hydrogen-bond acceptors (Lipinski definition) is 10. The number of carboxylic acids is 2. The van der Waals surface area contributed by atoms with Crippen LogP contribution in [0, 0.1) is 17.2 Å². The van der Waals surface area contributed by atoms with Crippen molar-refractivity contribution in [2.45, 2.75) is 103 Å². The van der Waals surface area contributed by atoms with Crippen molar-refractivity contribution in [2.24, 2.45) is 5.92 Å². The van der Waals surface area contributed by atoms with E-state index in [1.54, 1.807) is 12.2 Å². The first kappa shape index (κ1) is 51.6. The molecule has 72 heavy (non-hydrogen) atoms. The summed E-state index contributed by atoms with van der Waals surface area (Å²) in [7, 11) is 0. The minimum absolute atomic E-state index is 0.0614. The van der Waals surface area contributed by atoms with Crippen LogP contribution in [0.5, 0.6) is 0 Å². The number of carbonyl (C=O) groups is 4. The number of nitrogens with zero attached hydrogens (tertiary/aromatic N) is 5. The van der Waals surface area contributed by atoms with Crippen LogP contribution in [0.1, 0.15) is 96.9 Å². The predicted molar refractivity (Wildman–Crippen MR) is 293 cm³/mol. The number of amides is 1. The third kappa shape index (κ3) is 9.91. The number of ketones is 1. The minimum atomic E-state index is -0.936. The number of aliphatic carboxylic acids is 2. The predicted octanol–water partition coefficient (Wildman–Crippen LogP) is 11.5. The summed E-state index contributed by atoms with van der Waals surface area (Å²) in [5, 5.41) is 32.1. The molecule has 0 saturated carbocycles. The Kier molecular flexibility index (Phi) is 14.6. The summed E-state index contributed by atoms with van der Waals surface area (Å²) < 4.78 is 0.339. The Morgan fingerprint density at radius 2 is 1.44 bits per heavy atom. The Morgan fingerprint density at radius 1 is 0.778 bits per heavy atom. The number of para-hydroxylation sites is 1. The second-order valence-electron chi connectivity index (χ2n) is 21.1. The summed E-state index contributed by atoms with van der Waals surface area (Å²) in [6.07, 6.45) is 12.2. The van der Waals surface area contributed by atoms with Gasteiger partial charge in [-0.3, -0.25) is 24.1 Å². The van der Waals surface area contributed by atoms with Crippen LogP contribution in [0.25, 0.3) is 10.8 Å². The number of rotatable bonds is 17. The lowest BCUT2D eigenvalue weighted by Crippen LogP contribution is -2.41. The molecular formula is C59H63N5O6S2. The highest BCUT2D eigenvalue weighted by molar-refractivity contribution is 8.26. The highest BCUT2D eigenvalue weighted by Crippen LogP contribution is 2.52.